The van der Waals surface area contributed by atoms with Crippen molar-refractivity contribution < 1.29 is 28.6 Å². The van der Waals surface area contributed by atoms with Crippen LogP contribution in [-0.4, -0.2) is 87.2 Å². The van der Waals surface area contributed by atoms with Gasteiger partial charge in [0.25, 0.3) is 5.91 Å². The Morgan fingerprint density at radius 2 is 1.91 bits per heavy atom. The molecule has 0 aromatic heterocycles. The summed E-state index contributed by atoms with van der Waals surface area (Å²) in [7, 11) is 4.81. The lowest BCUT2D eigenvalue weighted by Crippen LogP contribution is -2.48. The maximum atomic E-state index is 13.3. The monoisotopic (exact) mass is 475 g/mol. The molecule has 1 N–H and O–H groups in total. The van der Waals surface area contributed by atoms with E-state index in [4.69, 9.17) is 14.2 Å². The zero-order chi connectivity index (χ0) is 24.8. The van der Waals surface area contributed by atoms with Gasteiger partial charge in [-0.15, -0.1) is 0 Å². The number of methoxy groups -OCH3 is 2. The molecule has 3 rings (SSSR count). The Kier molecular flexibility index (Phi) is 8.90. The number of nitrogens with zero attached hydrogens (tertiary/aromatic N) is 2. The number of hydrogen-bond acceptors (Lipinski definition) is 6. The largest absolute Gasteiger partial charge is 0.491 e. The predicted octanol–water partition coefficient (Wildman–Crippen LogP) is 2.40. The van der Waals surface area contributed by atoms with Gasteiger partial charge in [-0.1, -0.05) is 6.92 Å². The minimum atomic E-state index is -0.304. The second-order valence-electron chi connectivity index (χ2n) is 9.48. The van der Waals surface area contributed by atoms with Crippen LogP contribution in [0.2, 0.25) is 0 Å². The van der Waals surface area contributed by atoms with Crippen molar-refractivity contribution in [2.24, 2.45) is 11.8 Å². The third kappa shape index (κ3) is 6.70. The molecule has 3 atom stereocenters. The van der Waals surface area contributed by atoms with E-state index in [-0.39, 0.29) is 49.0 Å². The highest BCUT2D eigenvalue weighted by Crippen LogP contribution is 2.33. The molecule has 9 nitrogen and oxygen atoms in total. The van der Waals surface area contributed by atoms with E-state index in [2.05, 4.69) is 5.32 Å². The number of rotatable bonds is 6. The number of nitrogens with one attached hydrogen (secondary N) is 1. The van der Waals surface area contributed by atoms with E-state index in [0.29, 0.717) is 42.4 Å². The second-order valence-corrected chi connectivity index (χ2v) is 9.48. The van der Waals surface area contributed by atoms with Crippen LogP contribution in [-0.2, 0) is 19.1 Å². The fraction of sp³-hybridized carbons (Fsp3) is 0.640. The molecule has 34 heavy (non-hydrogen) atoms. The van der Waals surface area contributed by atoms with Crippen LogP contribution >= 0.6 is 0 Å². The molecular weight excluding hydrogens is 438 g/mol. The Hall–Kier alpha value is -2.65. The van der Waals surface area contributed by atoms with Gasteiger partial charge >= 0.3 is 0 Å². The van der Waals surface area contributed by atoms with Crippen molar-refractivity contribution in [3.05, 3.63) is 23.8 Å². The first-order valence-corrected chi connectivity index (χ1v) is 11.9. The Labute approximate surface area is 201 Å². The van der Waals surface area contributed by atoms with Crippen molar-refractivity contribution in [3.63, 3.8) is 0 Å². The molecule has 2 aliphatic rings. The molecule has 9 heteroatoms. The summed E-state index contributed by atoms with van der Waals surface area (Å²) in [5.41, 5.74) is 0.888. The number of likely N-dealkylation sites (N-methyl/N-ethyl adjacent to an activating group) is 1. The lowest BCUT2D eigenvalue weighted by Gasteiger charge is -2.36. The Bertz CT molecular complexity index is 887. The zero-order valence-corrected chi connectivity index (χ0v) is 20.8. The van der Waals surface area contributed by atoms with Gasteiger partial charge in [0.15, 0.2) is 0 Å². The molecule has 1 aliphatic heterocycles. The minimum absolute atomic E-state index is 0.0307. The van der Waals surface area contributed by atoms with Crippen molar-refractivity contribution in [2.45, 2.75) is 45.3 Å². The number of benzene rings is 1. The Morgan fingerprint density at radius 3 is 2.56 bits per heavy atom. The zero-order valence-electron chi connectivity index (χ0n) is 20.8. The smallest absolute Gasteiger partial charge is 0.257 e. The summed E-state index contributed by atoms with van der Waals surface area (Å²) in [5, 5.41) is 2.74. The predicted molar refractivity (Wildman–Crippen MR) is 128 cm³/mol. The quantitative estimate of drug-likeness (QED) is 0.679. The standard InChI is InChI=1S/C25H37N3O6/c1-16-12-28(24(30)10-18-6-7-18)17(2)14-34-21-11-19(26-23(29)15-32-4)8-9-20(21)25(31)27(3)13-22(16)33-5/h8-9,11,16-18,22H,6-7,10,12-15H2,1-5H3,(H,26,29)/t16-,17-,22+/m0/s1. The van der Waals surface area contributed by atoms with E-state index in [1.165, 1.54) is 7.11 Å². The van der Waals surface area contributed by atoms with Gasteiger partial charge in [0.05, 0.1) is 17.7 Å². The van der Waals surface area contributed by atoms with Gasteiger partial charge in [0.2, 0.25) is 11.8 Å². The van der Waals surface area contributed by atoms with E-state index in [1.807, 2.05) is 18.7 Å². The van der Waals surface area contributed by atoms with Crippen molar-refractivity contribution in [1.29, 1.82) is 0 Å². The molecular formula is C25H37N3O6. The van der Waals surface area contributed by atoms with Crippen molar-refractivity contribution in [2.75, 3.05) is 52.9 Å². The molecule has 1 aromatic rings. The third-order valence-corrected chi connectivity index (χ3v) is 6.49. The van der Waals surface area contributed by atoms with Gasteiger partial charge in [-0.25, -0.2) is 0 Å². The van der Waals surface area contributed by atoms with E-state index in [1.54, 1.807) is 37.3 Å². The van der Waals surface area contributed by atoms with E-state index < -0.39 is 0 Å². The first-order chi connectivity index (χ1) is 16.2. The van der Waals surface area contributed by atoms with E-state index in [0.717, 1.165) is 12.8 Å². The number of amides is 3. The molecule has 0 radical (unpaired) electrons. The summed E-state index contributed by atoms with van der Waals surface area (Å²) in [6.45, 7) is 5.05. The Morgan fingerprint density at radius 1 is 1.18 bits per heavy atom. The molecule has 188 valence electrons. The molecule has 1 aromatic carbocycles. The molecule has 1 fully saturated rings. The molecule has 1 heterocycles. The molecule has 1 saturated carbocycles. The van der Waals surface area contributed by atoms with Crippen LogP contribution in [0.4, 0.5) is 5.69 Å². The fourth-order valence-electron chi connectivity index (χ4n) is 4.21. The molecule has 0 spiro atoms. The first-order valence-electron chi connectivity index (χ1n) is 11.9. The minimum Gasteiger partial charge on any atom is -0.491 e. The number of fused-ring (bicyclic) bond motifs is 1. The van der Waals surface area contributed by atoms with Gasteiger partial charge in [-0.2, -0.15) is 0 Å². The van der Waals surface area contributed by atoms with E-state index >= 15 is 0 Å². The van der Waals surface area contributed by atoms with Crippen LogP contribution in [0.15, 0.2) is 18.2 Å². The normalized spacial score (nSPS) is 23.9. The number of carbonyl (C=O) groups is 3. The average molecular weight is 476 g/mol. The van der Waals surface area contributed by atoms with Gasteiger partial charge in [-0.05, 0) is 37.8 Å². The highest BCUT2D eigenvalue weighted by atomic mass is 16.5. The van der Waals surface area contributed by atoms with Crippen LogP contribution in [0.25, 0.3) is 0 Å². The topological polar surface area (TPSA) is 97.4 Å². The number of anilines is 1. The van der Waals surface area contributed by atoms with Crippen molar-refractivity contribution in [3.8, 4) is 5.75 Å². The lowest BCUT2D eigenvalue weighted by atomic mass is 10.0. The van der Waals surface area contributed by atoms with Crippen LogP contribution in [0.1, 0.15) is 43.5 Å². The summed E-state index contributed by atoms with van der Waals surface area (Å²) < 4.78 is 16.7. The molecule has 1 aliphatic carbocycles. The maximum absolute atomic E-state index is 13.3. The highest BCUT2D eigenvalue weighted by Gasteiger charge is 2.33. The van der Waals surface area contributed by atoms with Crippen molar-refractivity contribution >= 4 is 23.4 Å². The summed E-state index contributed by atoms with van der Waals surface area (Å²) in [4.78, 5) is 41.8. The SMILES string of the molecule is COCC(=O)Nc1ccc2c(c1)OC[C@H](C)N(C(=O)CC1CC1)C[C@H](C)[C@H](OC)CN(C)C2=O. The van der Waals surface area contributed by atoms with Gasteiger partial charge in [-0.3, -0.25) is 14.4 Å². The second kappa shape index (κ2) is 11.7. The lowest BCUT2D eigenvalue weighted by molar-refractivity contribution is -0.135. The summed E-state index contributed by atoms with van der Waals surface area (Å²) in [5.74, 6) is 0.496. The summed E-state index contributed by atoms with van der Waals surface area (Å²) >= 11 is 0. The number of hydrogen-bond donors (Lipinski definition) is 1. The summed E-state index contributed by atoms with van der Waals surface area (Å²) in [6, 6.07) is 4.75. The molecule has 0 saturated heterocycles. The molecule has 0 unspecified atom stereocenters. The first kappa shape index (κ1) is 26.0. The summed E-state index contributed by atoms with van der Waals surface area (Å²) in [6.07, 6.45) is 2.55. The van der Waals surface area contributed by atoms with Crippen LogP contribution < -0.4 is 10.1 Å². The van der Waals surface area contributed by atoms with Gasteiger partial charge < -0.3 is 29.3 Å². The highest BCUT2D eigenvalue weighted by molar-refractivity contribution is 5.98. The van der Waals surface area contributed by atoms with Crippen LogP contribution in [0.5, 0.6) is 5.75 Å². The number of carbonyl (C=O) groups excluding carboxylic acids is 3. The maximum Gasteiger partial charge on any atom is 0.257 e. The number of ether oxygens (including phenoxy) is 3. The van der Waals surface area contributed by atoms with Crippen LogP contribution in [0.3, 0.4) is 0 Å². The van der Waals surface area contributed by atoms with Gasteiger partial charge in [0, 0.05) is 58.4 Å². The fourth-order valence-corrected chi connectivity index (χ4v) is 4.21. The van der Waals surface area contributed by atoms with Gasteiger partial charge in [0.1, 0.15) is 19.0 Å². The molecule has 3 amide bonds. The Balaban J connectivity index is 1.91. The average Bonchev–Trinajstić information content (AvgIpc) is 3.62. The van der Waals surface area contributed by atoms with Crippen molar-refractivity contribution in [1.82, 2.24) is 9.80 Å². The molecule has 0 bridgehead atoms. The van der Waals surface area contributed by atoms with Crippen LogP contribution in [0, 0.1) is 11.8 Å². The van der Waals surface area contributed by atoms with E-state index in [9.17, 15) is 14.4 Å². The third-order valence-electron chi connectivity index (χ3n) is 6.49.